The van der Waals surface area contributed by atoms with Crippen molar-refractivity contribution in [3.8, 4) is 0 Å². The molecule has 1 aliphatic heterocycles. The van der Waals surface area contributed by atoms with Crippen LogP contribution in [0.4, 0.5) is 14.9 Å². The van der Waals surface area contributed by atoms with Crippen LogP contribution in [0.1, 0.15) is 36.9 Å². The highest BCUT2D eigenvalue weighted by Crippen LogP contribution is 2.21. The molecule has 0 radical (unpaired) electrons. The molecule has 0 aromatic heterocycles. The number of piperidine rings is 1. The van der Waals surface area contributed by atoms with Gasteiger partial charge >= 0.3 is 6.03 Å². The molecule has 1 aliphatic rings. The van der Waals surface area contributed by atoms with Crippen molar-refractivity contribution >= 4 is 17.6 Å². The molecule has 0 bridgehead atoms. The molecule has 2 aromatic carbocycles. The molecule has 1 heterocycles. The molecule has 4 N–H and O–H groups in total. The van der Waals surface area contributed by atoms with E-state index in [-0.39, 0.29) is 23.7 Å². The second kappa shape index (κ2) is 9.52. The number of amides is 3. The van der Waals surface area contributed by atoms with Gasteiger partial charge in [-0.2, -0.15) is 0 Å². The summed E-state index contributed by atoms with van der Waals surface area (Å²) < 4.78 is 13.4. The third-order valence-electron chi connectivity index (χ3n) is 5.21. The van der Waals surface area contributed by atoms with Gasteiger partial charge < -0.3 is 16.4 Å². The first-order valence-corrected chi connectivity index (χ1v) is 9.84. The largest absolute Gasteiger partial charge is 0.351 e. The monoisotopic (exact) mass is 398 g/mol. The number of primary amides is 1. The Morgan fingerprint density at radius 2 is 2.00 bits per heavy atom. The van der Waals surface area contributed by atoms with Crippen molar-refractivity contribution in [2.75, 3.05) is 18.4 Å². The second-order valence-electron chi connectivity index (χ2n) is 7.55. The lowest BCUT2D eigenvalue weighted by atomic mass is 9.96. The van der Waals surface area contributed by atoms with E-state index in [2.05, 4.69) is 15.5 Å². The fourth-order valence-electron chi connectivity index (χ4n) is 3.72. The van der Waals surface area contributed by atoms with Crippen LogP contribution >= 0.6 is 0 Å². The average Bonchev–Trinajstić information content (AvgIpc) is 2.68. The maximum Gasteiger partial charge on any atom is 0.316 e. The summed E-state index contributed by atoms with van der Waals surface area (Å²) in [6.45, 7) is 4.15. The Bertz CT molecular complexity index is 856. The van der Waals surface area contributed by atoms with E-state index in [1.54, 1.807) is 24.3 Å². The van der Waals surface area contributed by atoms with Crippen molar-refractivity contribution in [3.05, 3.63) is 65.5 Å². The average molecular weight is 398 g/mol. The Kier molecular flexibility index (Phi) is 6.82. The van der Waals surface area contributed by atoms with Gasteiger partial charge in [0, 0.05) is 18.8 Å². The summed E-state index contributed by atoms with van der Waals surface area (Å²) in [4.78, 5) is 25.9. The molecular formula is C22H27FN4O2. The van der Waals surface area contributed by atoms with Gasteiger partial charge in [0.1, 0.15) is 5.82 Å². The van der Waals surface area contributed by atoms with E-state index in [0.29, 0.717) is 18.8 Å². The lowest BCUT2D eigenvalue weighted by molar-refractivity contribution is -0.127. The molecular weight excluding hydrogens is 371 g/mol. The standard InChI is InChI=1S/C22H27FN4O2/c1-15(17-7-9-20(10-8-17)26-22(24)29)25-21(28)18-5-3-11-27(14-18)13-16-4-2-6-19(23)12-16/h2,4,6-10,12,15,18H,3,5,11,13-14H2,1H3,(H,25,28)(H3,24,26,29). The summed E-state index contributed by atoms with van der Waals surface area (Å²) in [5.41, 5.74) is 7.59. The Balaban J connectivity index is 1.54. The number of carbonyl (C=O) groups excluding carboxylic acids is 2. The molecule has 0 spiro atoms. The Morgan fingerprint density at radius 3 is 2.69 bits per heavy atom. The van der Waals surface area contributed by atoms with Gasteiger partial charge in [-0.25, -0.2) is 9.18 Å². The normalized spacial score (nSPS) is 18.1. The Labute approximate surface area is 170 Å². The van der Waals surface area contributed by atoms with Crippen molar-refractivity contribution in [1.82, 2.24) is 10.2 Å². The van der Waals surface area contributed by atoms with Crippen LogP contribution in [-0.2, 0) is 11.3 Å². The molecule has 29 heavy (non-hydrogen) atoms. The van der Waals surface area contributed by atoms with Crippen molar-refractivity contribution in [2.24, 2.45) is 11.7 Å². The van der Waals surface area contributed by atoms with Crippen LogP contribution in [0.5, 0.6) is 0 Å². The molecule has 154 valence electrons. The van der Waals surface area contributed by atoms with E-state index in [1.165, 1.54) is 6.07 Å². The van der Waals surface area contributed by atoms with Gasteiger partial charge in [0.2, 0.25) is 5.91 Å². The highest BCUT2D eigenvalue weighted by Gasteiger charge is 2.26. The number of likely N-dealkylation sites (tertiary alicyclic amines) is 1. The van der Waals surface area contributed by atoms with Gasteiger partial charge in [0.25, 0.3) is 0 Å². The predicted molar refractivity (Wildman–Crippen MR) is 111 cm³/mol. The minimum atomic E-state index is -0.612. The lowest BCUT2D eigenvalue weighted by Crippen LogP contribution is -2.43. The second-order valence-corrected chi connectivity index (χ2v) is 7.55. The van der Waals surface area contributed by atoms with Crippen molar-refractivity contribution in [3.63, 3.8) is 0 Å². The minimum absolute atomic E-state index is 0.0285. The number of anilines is 1. The smallest absolute Gasteiger partial charge is 0.316 e. The number of hydrogen-bond donors (Lipinski definition) is 3. The number of benzene rings is 2. The van der Waals surface area contributed by atoms with Crippen LogP contribution in [0, 0.1) is 11.7 Å². The summed E-state index contributed by atoms with van der Waals surface area (Å²) in [5.74, 6) is -0.295. The number of nitrogens with zero attached hydrogens (tertiary/aromatic N) is 1. The molecule has 1 saturated heterocycles. The summed E-state index contributed by atoms with van der Waals surface area (Å²) in [6, 6.07) is 13.1. The first-order chi connectivity index (χ1) is 13.9. The summed E-state index contributed by atoms with van der Waals surface area (Å²) in [6.07, 6.45) is 1.79. The number of rotatable bonds is 6. The molecule has 0 saturated carbocycles. The maximum atomic E-state index is 13.4. The lowest BCUT2D eigenvalue weighted by Gasteiger charge is -2.32. The zero-order chi connectivity index (χ0) is 20.8. The van der Waals surface area contributed by atoms with Crippen molar-refractivity contribution < 1.29 is 14.0 Å². The van der Waals surface area contributed by atoms with Crippen LogP contribution < -0.4 is 16.4 Å². The third-order valence-corrected chi connectivity index (χ3v) is 5.21. The van der Waals surface area contributed by atoms with E-state index >= 15 is 0 Å². The number of halogens is 1. The fourth-order valence-corrected chi connectivity index (χ4v) is 3.72. The SMILES string of the molecule is CC(NC(=O)C1CCCN(Cc2cccc(F)c2)C1)c1ccc(NC(N)=O)cc1. The number of carbonyl (C=O) groups is 2. The predicted octanol–water partition coefficient (Wildman–Crippen LogP) is 3.41. The van der Waals surface area contributed by atoms with Crippen LogP contribution in [-0.4, -0.2) is 29.9 Å². The Morgan fingerprint density at radius 1 is 1.24 bits per heavy atom. The third kappa shape index (κ3) is 6.02. The van der Waals surface area contributed by atoms with Crippen LogP contribution in [0.15, 0.2) is 48.5 Å². The van der Waals surface area contributed by atoms with Crippen LogP contribution in [0.25, 0.3) is 0 Å². The number of nitrogens with one attached hydrogen (secondary N) is 2. The molecule has 7 heteroatoms. The van der Waals surface area contributed by atoms with Gasteiger partial charge in [-0.05, 0) is 61.7 Å². The van der Waals surface area contributed by atoms with Crippen LogP contribution in [0.2, 0.25) is 0 Å². The summed E-state index contributed by atoms with van der Waals surface area (Å²) in [5, 5.41) is 5.60. The van der Waals surface area contributed by atoms with E-state index in [4.69, 9.17) is 5.73 Å². The molecule has 1 fully saturated rings. The van der Waals surface area contributed by atoms with Gasteiger partial charge in [0.15, 0.2) is 0 Å². The molecule has 0 aliphatic carbocycles. The number of nitrogens with two attached hydrogens (primary N) is 1. The number of hydrogen-bond acceptors (Lipinski definition) is 3. The molecule has 2 aromatic rings. The molecule has 3 rings (SSSR count). The van der Waals surface area contributed by atoms with E-state index in [9.17, 15) is 14.0 Å². The summed E-state index contributed by atoms with van der Waals surface area (Å²) >= 11 is 0. The highest BCUT2D eigenvalue weighted by molar-refractivity contribution is 5.87. The molecule has 2 atom stereocenters. The Hall–Kier alpha value is -2.93. The van der Waals surface area contributed by atoms with Crippen molar-refractivity contribution in [1.29, 1.82) is 0 Å². The zero-order valence-electron chi connectivity index (χ0n) is 16.5. The van der Waals surface area contributed by atoms with Gasteiger partial charge in [-0.15, -0.1) is 0 Å². The van der Waals surface area contributed by atoms with E-state index < -0.39 is 6.03 Å². The summed E-state index contributed by atoms with van der Waals surface area (Å²) in [7, 11) is 0. The quantitative estimate of drug-likeness (QED) is 0.697. The zero-order valence-corrected chi connectivity index (χ0v) is 16.5. The van der Waals surface area contributed by atoms with Gasteiger partial charge in [0.05, 0.1) is 12.0 Å². The molecule has 2 unspecified atom stereocenters. The van der Waals surface area contributed by atoms with Crippen molar-refractivity contribution in [2.45, 2.75) is 32.4 Å². The minimum Gasteiger partial charge on any atom is -0.351 e. The first-order valence-electron chi connectivity index (χ1n) is 9.84. The fraction of sp³-hybridized carbons (Fsp3) is 0.364. The topological polar surface area (TPSA) is 87.5 Å². The highest BCUT2D eigenvalue weighted by atomic mass is 19.1. The van der Waals surface area contributed by atoms with E-state index in [0.717, 1.165) is 30.5 Å². The van der Waals surface area contributed by atoms with E-state index in [1.807, 2.05) is 25.1 Å². The molecule has 6 nitrogen and oxygen atoms in total. The first kappa shape index (κ1) is 20.8. The van der Waals surface area contributed by atoms with Gasteiger partial charge in [-0.1, -0.05) is 24.3 Å². The molecule has 3 amide bonds. The van der Waals surface area contributed by atoms with Crippen LogP contribution in [0.3, 0.4) is 0 Å². The number of urea groups is 1. The maximum absolute atomic E-state index is 13.4. The van der Waals surface area contributed by atoms with Gasteiger partial charge in [-0.3, -0.25) is 9.69 Å².